The lowest BCUT2D eigenvalue weighted by atomic mass is 9.91. The number of sulfonamides is 1. The predicted molar refractivity (Wildman–Crippen MR) is 146 cm³/mol. The average molecular weight is 510 g/mol. The number of para-hydroxylation sites is 1. The molecule has 0 saturated heterocycles. The minimum Gasteiger partial charge on any atom is -0.307 e. The predicted octanol–water partition coefficient (Wildman–Crippen LogP) is 5.72. The monoisotopic (exact) mass is 509 g/mol. The van der Waals surface area contributed by atoms with Crippen LogP contribution >= 0.6 is 12.4 Å². The molecule has 8 heteroatoms. The van der Waals surface area contributed by atoms with Crippen LogP contribution in [-0.2, 0) is 10.0 Å². The second-order valence-corrected chi connectivity index (χ2v) is 10.8. The first-order valence-electron chi connectivity index (χ1n) is 11.7. The van der Waals surface area contributed by atoms with E-state index in [0.717, 1.165) is 42.7 Å². The second-order valence-electron chi connectivity index (χ2n) is 9.03. The van der Waals surface area contributed by atoms with Crippen molar-refractivity contribution in [2.24, 2.45) is 0 Å². The molecule has 6 nitrogen and oxygen atoms in total. The van der Waals surface area contributed by atoms with Crippen LogP contribution in [-0.4, -0.2) is 51.7 Å². The van der Waals surface area contributed by atoms with Crippen molar-refractivity contribution in [1.29, 1.82) is 0 Å². The molecule has 0 aliphatic carbocycles. The summed E-state index contributed by atoms with van der Waals surface area (Å²) in [6, 6.07) is 12.9. The standard InChI is InChI=1S/C26H39N3O3S.ClH/c1-8-28(9-2)17-18-29(25-23(19(3)4)11-10-12-24(25)20(5)6)26(30)21-13-15-22(16-14-21)27-33(7,31)32;/h10-16,19-20,27H,8-9,17-18H2,1-7H3;1H. The number of anilines is 2. The van der Waals surface area contributed by atoms with Gasteiger partial charge in [0.15, 0.2) is 0 Å². The van der Waals surface area contributed by atoms with Crippen molar-refractivity contribution in [1.82, 2.24) is 4.90 Å². The van der Waals surface area contributed by atoms with E-state index in [1.807, 2.05) is 4.90 Å². The molecule has 2 aromatic carbocycles. The molecule has 2 rings (SSSR count). The Labute approximate surface area is 212 Å². The number of benzene rings is 2. The Hall–Kier alpha value is -2.09. The molecule has 0 unspecified atom stereocenters. The van der Waals surface area contributed by atoms with Crippen LogP contribution in [0.15, 0.2) is 42.5 Å². The third-order valence-corrected chi connectivity index (χ3v) is 6.43. The minimum absolute atomic E-state index is 0. The van der Waals surface area contributed by atoms with E-state index in [1.54, 1.807) is 24.3 Å². The third-order valence-electron chi connectivity index (χ3n) is 5.83. The van der Waals surface area contributed by atoms with Crippen LogP contribution in [0.3, 0.4) is 0 Å². The molecule has 0 heterocycles. The molecule has 34 heavy (non-hydrogen) atoms. The molecule has 0 aliphatic heterocycles. The lowest BCUT2D eigenvalue weighted by Crippen LogP contribution is -2.40. The van der Waals surface area contributed by atoms with E-state index >= 15 is 0 Å². The molecule has 0 aromatic heterocycles. The van der Waals surface area contributed by atoms with Crippen molar-refractivity contribution in [3.63, 3.8) is 0 Å². The van der Waals surface area contributed by atoms with Crippen molar-refractivity contribution in [2.45, 2.75) is 53.4 Å². The Morgan fingerprint density at radius 1 is 0.882 bits per heavy atom. The van der Waals surface area contributed by atoms with Gasteiger partial charge in [0, 0.05) is 24.3 Å². The van der Waals surface area contributed by atoms with Crippen molar-refractivity contribution >= 4 is 39.7 Å². The fourth-order valence-corrected chi connectivity index (χ4v) is 4.53. The molecule has 190 valence electrons. The highest BCUT2D eigenvalue weighted by Crippen LogP contribution is 2.36. The van der Waals surface area contributed by atoms with Crippen molar-refractivity contribution < 1.29 is 13.2 Å². The van der Waals surface area contributed by atoms with Gasteiger partial charge in [0.05, 0.1) is 11.9 Å². The summed E-state index contributed by atoms with van der Waals surface area (Å²) < 4.78 is 25.5. The number of likely N-dealkylation sites (N-methyl/N-ethyl adjacent to an activating group) is 1. The maximum Gasteiger partial charge on any atom is 0.258 e. The first-order valence-corrected chi connectivity index (χ1v) is 13.6. The zero-order valence-electron chi connectivity index (χ0n) is 21.5. The smallest absolute Gasteiger partial charge is 0.258 e. The molecule has 0 spiro atoms. The Morgan fingerprint density at radius 2 is 1.38 bits per heavy atom. The molecule has 0 saturated carbocycles. The number of carbonyl (C=O) groups excluding carboxylic acids is 1. The van der Waals surface area contributed by atoms with Crippen LogP contribution in [0, 0.1) is 0 Å². The van der Waals surface area contributed by atoms with Crippen molar-refractivity contribution in [2.75, 3.05) is 42.1 Å². The molecular weight excluding hydrogens is 470 g/mol. The maximum atomic E-state index is 13.8. The van der Waals surface area contributed by atoms with Gasteiger partial charge in [-0.2, -0.15) is 0 Å². The summed E-state index contributed by atoms with van der Waals surface area (Å²) in [7, 11) is -3.37. The average Bonchev–Trinajstić information content (AvgIpc) is 2.75. The zero-order chi connectivity index (χ0) is 24.8. The van der Waals surface area contributed by atoms with Crippen LogP contribution in [0.5, 0.6) is 0 Å². The number of halogens is 1. The van der Waals surface area contributed by atoms with E-state index < -0.39 is 10.0 Å². The van der Waals surface area contributed by atoms with Crippen LogP contribution in [0.2, 0.25) is 0 Å². The summed E-state index contributed by atoms with van der Waals surface area (Å²) in [5.41, 5.74) is 4.28. The summed E-state index contributed by atoms with van der Waals surface area (Å²) in [5.74, 6) is 0.454. The first-order chi connectivity index (χ1) is 15.5. The highest BCUT2D eigenvalue weighted by atomic mass is 35.5. The molecule has 0 fully saturated rings. The topological polar surface area (TPSA) is 69.7 Å². The van der Waals surface area contributed by atoms with Gasteiger partial charge >= 0.3 is 0 Å². The van der Waals surface area contributed by atoms with Crippen LogP contribution in [0.1, 0.15) is 74.9 Å². The Morgan fingerprint density at radius 3 is 1.79 bits per heavy atom. The number of hydrogen-bond acceptors (Lipinski definition) is 4. The number of amides is 1. The van der Waals surface area contributed by atoms with E-state index in [2.05, 4.69) is 69.4 Å². The maximum absolute atomic E-state index is 13.8. The van der Waals surface area contributed by atoms with Crippen molar-refractivity contribution in [3.8, 4) is 0 Å². The highest BCUT2D eigenvalue weighted by Gasteiger charge is 2.25. The summed E-state index contributed by atoms with van der Waals surface area (Å²) in [6.45, 7) is 16.1. The fraction of sp³-hybridized carbons (Fsp3) is 0.500. The van der Waals surface area contributed by atoms with E-state index in [-0.39, 0.29) is 30.2 Å². The summed E-state index contributed by atoms with van der Waals surface area (Å²) in [4.78, 5) is 18.1. The summed E-state index contributed by atoms with van der Waals surface area (Å²) in [6.07, 6.45) is 1.11. The van der Waals surface area contributed by atoms with Gasteiger partial charge < -0.3 is 9.80 Å². The lowest BCUT2D eigenvalue weighted by Gasteiger charge is -2.32. The largest absolute Gasteiger partial charge is 0.307 e. The van der Waals surface area contributed by atoms with Gasteiger partial charge in [-0.1, -0.05) is 59.7 Å². The fourth-order valence-electron chi connectivity index (χ4n) is 3.97. The van der Waals surface area contributed by atoms with Crippen LogP contribution < -0.4 is 9.62 Å². The van der Waals surface area contributed by atoms with Gasteiger partial charge in [0.2, 0.25) is 10.0 Å². The number of rotatable bonds is 11. The zero-order valence-corrected chi connectivity index (χ0v) is 23.1. The molecule has 1 N–H and O–H groups in total. The van der Waals surface area contributed by atoms with Gasteiger partial charge in [-0.3, -0.25) is 9.52 Å². The Bertz CT molecular complexity index is 1010. The van der Waals surface area contributed by atoms with Crippen molar-refractivity contribution in [3.05, 3.63) is 59.2 Å². The molecule has 2 aromatic rings. The van der Waals surface area contributed by atoms with Gasteiger partial charge in [0.25, 0.3) is 5.91 Å². The SMILES string of the molecule is CCN(CC)CCN(C(=O)c1ccc(NS(C)(=O)=O)cc1)c1c(C(C)C)cccc1C(C)C.Cl. The number of nitrogens with one attached hydrogen (secondary N) is 1. The third kappa shape index (κ3) is 8.00. The Balaban J connectivity index is 0.00000578. The Kier molecular flexibility index (Phi) is 11.6. The van der Waals surface area contributed by atoms with E-state index in [9.17, 15) is 13.2 Å². The molecule has 1 amide bonds. The summed E-state index contributed by atoms with van der Waals surface area (Å²) in [5, 5.41) is 0. The minimum atomic E-state index is -3.37. The van der Waals surface area contributed by atoms with Gasteiger partial charge in [-0.25, -0.2) is 8.42 Å². The molecule has 0 aliphatic rings. The second kappa shape index (κ2) is 13.1. The number of carbonyl (C=O) groups is 1. The van der Waals surface area contributed by atoms with Gasteiger partial charge in [-0.15, -0.1) is 12.4 Å². The molecule has 0 radical (unpaired) electrons. The number of nitrogens with zero attached hydrogens (tertiary/aromatic N) is 2. The van der Waals surface area contributed by atoms with Gasteiger partial charge in [0.1, 0.15) is 0 Å². The van der Waals surface area contributed by atoms with Gasteiger partial charge in [-0.05, 0) is 60.3 Å². The van der Waals surface area contributed by atoms with E-state index in [0.29, 0.717) is 17.8 Å². The summed E-state index contributed by atoms with van der Waals surface area (Å²) >= 11 is 0. The molecule has 0 atom stereocenters. The van der Waals surface area contributed by atoms with E-state index in [1.165, 1.54) is 0 Å². The van der Waals surface area contributed by atoms with Crippen LogP contribution in [0.4, 0.5) is 11.4 Å². The first kappa shape index (κ1) is 29.9. The van der Waals surface area contributed by atoms with E-state index in [4.69, 9.17) is 0 Å². The molecule has 0 bridgehead atoms. The number of hydrogen-bond donors (Lipinski definition) is 1. The molecular formula is C26H40ClN3O3S. The van der Waals surface area contributed by atoms with Crippen LogP contribution in [0.25, 0.3) is 0 Å². The normalized spacial score (nSPS) is 11.6. The lowest BCUT2D eigenvalue weighted by molar-refractivity contribution is 0.0983. The quantitative estimate of drug-likeness (QED) is 0.421. The highest BCUT2D eigenvalue weighted by molar-refractivity contribution is 7.92.